The summed E-state index contributed by atoms with van der Waals surface area (Å²) in [6.07, 6.45) is 1.00. The molecule has 0 amide bonds. The number of hydrogen-bond donors (Lipinski definition) is 1. The number of aliphatic carboxylic acids is 1. The Morgan fingerprint density at radius 2 is 2.33 bits per heavy atom. The van der Waals surface area contributed by atoms with Gasteiger partial charge in [-0.05, 0) is 4.99 Å². The minimum absolute atomic E-state index is 0.938. The van der Waals surface area contributed by atoms with Gasteiger partial charge in [-0.15, -0.1) is 0 Å². The molecule has 0 aliphatic rings. The Labute approximate surface area is 43.6 Å². The zero-order chi connectivity index (χ0) is 4.99. The van der Waals surface area contributed by atoms with Crippen LogP contribution >= 0.6 is 15.9 Å². The van der Waals surface area contributed by atoms with Gasteiger partial charge < -0.3 is 5.11 Å². The molecule has 0 unspecified atom stereocenters. The second-order valence-corrected chi connectivity index (χ2v) is 1.16. The Morgan fingerprint density at radius 3 is 2.33 bits per heavy atom. The second kappa shape index (κ2) is 2.90. The van der Waals surface area contributed by atoms with E-state index in [-0.39, 0.29) is 0 Å². The van der Waals surface area contributed by atoms with Gasteiger partial charge in [-0.2, -0.15) is 0 Å². The lowest BCUT2D eigenvalue weighted by Crippen LogP contribution is -1.83. The first-order chi connectivity index (χ1) is 2.77. The second-order valence-electron chi connectivity index (χ2n) is 0.631. The minimum Gasteiger partial charge on any atom is -0.478 e. The molecule has 0 radical (unpaired) electrons. The Bertz CT molecular complexity index is 76.9. The first-order valence-electron chi connectivity index (χ1n) is 1.27. The maximum atomic E-state index is 9.48. The fourth-order valence-electron chi connectivity index (χ4n) is 0.0539. The molecule has 0 rings (SSSR count). The van der Waals surface area contributed by atoms with Crippen molar-refractivity contribution in [3.63, 3.8) is 0 Å². The van der Waals surface area contributed by atoms with Crippen LogP contribution in [0.5, 0.6) is 0 Å². The van der Waals surface area contributed by atoms with Crippen LogP contribution in [0, 0.1) is 0 Å². The number of carboxylic acids is 1. The third-order valence-electron chi connectivity index (χ3n) is 0.206. The average molecular weight is 151 g/mol. The van der Waals surface area contributed by atoms with Gasteiger partial charge >= 0.3 is 5.97 Å². The van der Waals surface area contributed by atoms with Crippen LogP contribution in [0.25, 0.3) is 0 Å². The largest absolute Gasteiger partial charge is 0.478 e. The third-order valence-corrected chi connectivity index (χ3v) is 0.470. The maximum Gasteiger partial charge on any atom is 0.328 e. The van der Waals surface area contributed by atoms with Gasteiger partial charge in [0.15, 0.2) is 0 Å². The number of rotatable bonds is 1. The van der Waals surface area contributed by atoms with Gasteiger partial charge in [0, 0.05) is 6.08 Å². The van der Waals surface area contributed by atoms with Crippen molar-refractivity contribution in [2.45, 2.75) is 0 Å². The Kier molecular flexibility index (Phi) is 2.75. The van der Waals surface area contributed by atoms with E-state index >= 15 is 0 Å². The van der Waals surface area contributed by atoms with Crippen molar-refractivity contribution in [1.29, 1.82) is 0 Å². The van der Waals surface area contributed by atoms with Crippen LogP contribution in [0.4, 0.5) is 0 Å². The first kappa shape index (κ1) is 5.69. The van der Waals surface area contributed by atoms with Crippen LogP contribution < -0.4 is 0 Å². The van der Waals surface area contributed by atoms with Crippen LogP contribution in [-0.4, -0.2) is 11.1 Å². The Hall–Kier alpha value is -0.310. The van der Waals surface area contributed by atoms with Gasteiger partial charge in [0.25, 0.3) is 0 Å². The topological polar surface area (TPSA) is 37.3 Å². The van der Waals surface area contributed by atoms with Gasteiger partial charge in [-0.25, -0.2) is 4.79 Å². The summed E-state index contributed by atoms with van der Waals surface area (Å²) in [5.41, 5.74) is 0. The summed E-state index contributed by atoms with van der Waals surface area (Å²) in [6, 6.07) is 0. The molecule has 34 valence electrons. The lowest BCUT2D eigenvalue weighted by molar-refractivity contribution is -0.131. The molecule has 0 spiro atoms. The van der Waals surface area contributed by atoms with Crippen LogP contribution in [0.15, 0.2) is 11.1 Å². The molecular formula is C3H3BrO2. The molecule has 0 fully saturated rings. The van der Waals surface area contributed by atoms with E-state index < -0.39 is 5.97 Å². The van der Waals surface area contributed by atoms with Crippen LogP contribution in [0.1, 0.15) is 0 Å². The highest BCUT2D eigenvalue weighted by molar-refractivity contribution is 9.11. The van der Waals surface area contributed by atoms with Crippen molar-refractivity contribution in [1.82, 2.24) is 0 Å². The van der Waals surface area contributed by atoms with Crippen molar-refractivity contribution in [2.24, 2.45) is 0 Å². The van der Waals surface area contributed by atoms with E-state index in [1.54, 1.807) is 0 Å². The summed E-state index contributed by atoms with van der Waals surface area (Å²) in [4.78, 5) is 10.8. The van der Waals surface area contributed by atoms with Crippen LogP contribution in [-0.2, 0) is 4.79 Å². The molecule has 0 aromatic heterocycles. The molecule has 2 nitrogen and oxygen atoms in total. The van der Waals surface area contributed by atoms with Crippen molar-refractivity contribution in [3.8, 4) is 0 Å². The summed E-state index contributed by atoms with van der Waals surface area (Å²) in [7, 11) is 0. The smallest absolute Gasteiger partial charge is 0.328 e. The van der Waals surface area contributed by atoms with Crippen molar-refractivity contribution in [2.75, 3.05) is 0 Å². The summed E-state index contributed by atoms with van der Waals surface area (Å²) < 4.78 is 0. The van der Waals surface area contributed by atoms with Crippen LogP contribution in [0.3, 0.4) is 0 Å². The number of hydrogen-bond acceptors (Lipinski definition) is 1. The van der Waals surface area contributed by atoms with E-state index in [1.807, 2.05) is 0 Å². The summed E-state index contributed by atoms with van der Waals surface area (Å²) in [5, 5.41) is 7.80. The molecule has 1 N–H and O–H groups in total. The van der Waals surface area contributed by atoms with Crippen molar-refractivity contribution in [3.05, 3.63) is 11.1 Å². The maximum absolute atomic E-state index is 9.48. The summed E-state index contributed by atoms with van der Waals surface area (Å²) in [5.74, 6) is -0.938. The van der Waals surface area contributed by atoms with E-state index in [2.05, 4.69) is 15.9 Å². The standard InChI is InChI=1S/C3H3BrO2/c4-2-1-3(5)6/h1-2H,(H,5,6). The van der Waals surface area contributed by atoms with E-state index in [4.69, 9.17) is 5.11 Å². The minimum atomic E-state index is -0.938. The van der Waals surface area contributed by atoms with Gasteiger partial charge in [0.2, 0.25) is 0 Å². The average Bonchev–Trinajstić information content (AvgIpc) is 1.35. The number of carboxylic acid groups (broad SMARTS) is 1. The lowest BCUT2D eigenvalue weighted by Gasteiger charge is -1.67. The molecule has 0 aromatic rings. The van der Waals surface area contributed by atoms with Gasteiger partial charge in [0.05, 0.1) is 0 Å². The monoisotopic (exact) mass is 150 g/mol. The highest BCUT2D eigenvalue weighted by Gasteiger charge is 1.77. The highest BCUT2D eigenvalue weighted by atomic mass is 79.9. The van der Waals surface area contributed by atoms with E-state index in [0.717, 1.165) is 6.08 Å². The molecule has 0 heterocycles. The third kappa shape index (κ3) is 3.69. The molecule has 0 saturated heterocycles. The van der Waals surface area contributed by atoms with Crippen molar-refractivity contribution < 1.29 is 9.90 Å². The fraction of sp³-hybridized carbons (Fsp3) is 0. The SMILES string of the molecule is O=C(O)C=CBr. The molecule has 0 aliphatic carbocycles. The molecule has 0 atom stereocenters. The summed E-state index contributed by atoms with van der Waals surface area (Å²) in [6.45, 7) is 0. The van der Waals surface area contributed by atoms with E-state index in [0.29, 0.717) is 0 Å². The van der Waals surface area contributed by atoms with Crippen molar-refractivity contribution >= 4 is 21.9 Å². The first-order valence-corrected chi connectivity index (χ1v) is 2.18. The molecule has 0 aromatic carbocycles. The predicted octanol–water partition coefficient (Wildman–Crippen LogP) is 0.980. The summed E-state index contributed by atoms with van der Waals surface area (Å²) >= 11 is 2.79. The normalized spacial score (nSPS) is 9.50. The zero-order valence-electron chi connectivity index (χ0n) is 2.89. The van der Waals surface area contributed by atoms with E-state index in [9.17, 15) is 4.79 Å². The number of halogens is 1. The van der Waals surface area contributed by atoms with Gasteiger partial charge in [-0.1, -0.05) is 15.9 Å². The quantitative estimate of drug-likeness (QED) is 0.567. The Balaban J connectivity index is 3.30. The molecule has 0 saturated carbocycles. The zero-order valence-corrected chi connectivity index (χ0v) is 4.47. The number of carbonyl (C=O) groups is 1. The van der Waals surface area contributed by atoms with E-state index in [1.165, 1.54) is 4.99 Å². The van der Waals surface area contributed by atoms with Gasteiger partial charge in [-0.3, -0.25) is 0 Å². The molecule has 6 heavy (non-hydrogen) atoms. The molecule has 3 heteroatoms. The van der Waals surface area contributed by atoms with Gasteiger partial charge in [0.1, 0.15) is 0 Å². The highest BCUT2D eigenvalue weighted by Crippen LogP contribution is 1.79. The fourth-order valence-corrected chi connectivity index (χ4v) is 0.280. The lowest BCUT2D eigenvalue weighted by atomic mass is 10.7. The molecule has 0 aliphatic heterocycles. The predicted molar refractivity (Wildman–Crippen MR) is 25.7 cm³/mol. The Morgan fingerprint density at radius 1 is 1.83 bits per heavy atom. The molecule has 0 bridgehead atoms. The molecular weight excluding hydrogens is 148 g/mol. The van der Waals surface area contributed by atoms with Crippen LogP contribution in [0.2, 0.25) is 0 Å².